The number of aromatic nitrogens is 1. The second-order valence-electron chi connectivity index (χ2n) is 3.19. The lowest BCUT2D eigenvalue weighted by molar-refractivity contribution is -0.138. The summed E-state index contributed by atoms with van der Waals surface area (Å²) in [5, 5.41) is 0. The molecule has 0 aliphatic rings. The highest BCUT2D eigenvalue weighted by Gasteiger charge is 2.35. The molecule has 0 bridgehead atoms. The summed E-state index contributed by atoms with van der Waals surface area (Å²) in [5.74, 6) is 0. The first-order valence-corrected chi connectivity index (χ1v) is 4.33. The van der Waals surface area contributed by atoms with Crippen LogP contribution in [-0.2, 0) is 12.7 Å². The molecule has 1 aromatic rings. The van der Waals surface area contributed by atoms with E-state index in [0.29, 0.717) is 6.07 Å². The predicted octanol–water partition coefficient (Wildman–Crippen LogP) is 2.81. The van der Waals surface area contributed by atoms with Crippen molar-refractivity contribution in [3.63, 3.8) is 0 Å². The van der Waals surface area contributed by atoms with Gasteiger partial charge >= 0.3 is 6.18 Å². The van der Waals surface area contributed by atoms with Crippen molar-refractivity contribution in [3.8, 4) is 0 Å². The fraction of sp³-hybridized carbons (Fsp3) is 0.444. The molecule has 0 spiro atoms. The van der Waals surface area contributed by atoms with Crippen LogP contribution < -0.4 is 5.73 Å². The molecule has 0 saturated carbocycles. The molecule has 0 atom stereocenters. The minimum atomic E-state index is -4.63. The van der Waals surface area contributed by atoms with Crippen LogP contribution in [0.5, 0.6) is 0 Å². The SMILES string of the molecule is Cc1cc(C(F)(F)F)c(CN)nc1C(F)F. The number of alkyl halides is 5. The van der Waals surface area contributed by atoms with Crippen LogP contribution in [0.4, 0.5) is 22.0 Å². The number of hydrogen-bond donors (Lipinski definition) is 1. The van der Waals surface area contributed by atoms with Gasteiger partial charge in [0, 0.05) is 6.54 Å². The summed E-state index contributed by atoms with van der Waals surface area (Å²) in [6.45, 7) is 0.624. The molecular weight excluding hydrogens is 231 g/mol. The third-order valence-electron chi connectivity index (χ3n) is 2.04. The summed E-state index contributed by atoms with van der Waals surface area (Å²) < 4.78 is 62.2. The molecule has 0 unspecified atom stereocenters. The largest absolute Gasteiger partial charge is 0.418 e. The number of hydrogen-bond acceptors (Lipinski definition) is 2. The molecule has 2 nitrogen and oxygen atoms in total. The number of rotatable bonds is 2. The Kier molecular flexibility index (Phi) is 3.47. The van der Waals surface area contributed by atoms with Crippen LogP contribution in [0.15, 0.2) is 6.07 Å². The Labute approximate surface area is 88.3 Å². The number of aryl methyl sites for hydroxylation is 1. The van der Waals surface area contributed by atoms with Crippen LogP contribution >= 0.6 is 0 Å². The van der Waals surface area contributed by atoms with Gasteiger partial charge in [-0.25, -0.2) is 13.8 Å². The molecule has 7 heteroatoms. The minimum Gasteiger partial charge on any atom is -0.325 e. The molecule has 2 N–H and O–H groups in total. The lowest BCUT2D eigenvalue weighted by Gasteiger charge is -2.14. The average molecular weight is 240 g/mol. The zero-order chi connectivity index (χ0) is 12.5. The molecule has 0 radical (unpaired) electrons. The van der Waals surface area contributed by atoms with Gasteiger partial charge < -0.3 is 5.73 Å². The van der Waals surface area contributed by atoms with Crippen molar-refractivity contribution in [2.45, 2.75) is 26.1 Å². The second kappa shape index (κ2) is 4.32. The maximum absolute atomic E-state index is 12.5. The molecule has 16 heavy (non-hydrogen) atoms. The van der Waals surface area contributed by atoms with Gasteiger partial charge in [-0.15, -0.1) is 0 Å². The summed E-state index contributed by atoms with van der Waals surface area (Å²) >= 11 is 0. The van der Waals surface area contributed by atoms with Crippen LogP contribution in [-0.4, -0.2) is 4.98 Å². The fourth-order valence-corrected chi connectivity index (χ4v) is 1.29. The summed E-state index contributed by atoms with van der Waals surface area (Å²) in [6.07, 6.45) is -7.54. The standard InChI is InChI=1S/C9H9F5N2/c1-4-2-5(9(12,13)14)6(3-15)16-7(4)8(10)11/h2,8H,3,15H2,1H3. The van der Waals surface area contributed by atoms with E-state index in [2.05, 4.69) is 4.98 Å². The van der Waals surface area contributed by atoms with Crippen molar-refractivity contribution in [2.75, 3.05) is 0 Å². The zero-order valence-corrected chi connectivity index (χ0v) is 8.28. The molecule has 1 rings (SSSR count). The van der Waals surface area contributed by atoms with E-state index < -0.39 is 36.1 Å². The Morgan fingerprint density at radius 3 is 2.31 bits per heavy atom. The number of halogens is 5. The molecular formula is C9H9F5N2. The fourth-order valence-electron chi connectivity index (χ4n) is 1.29. The van der Waals surface area contributed by atoms with Crippen LogP contribution in [0.1, 0.15) is 28.9 Å². The molecule has 0 aromatic carbocycles. The number of nitrogens with zero attached hydrogens (tertiary/aromatic N) is 1. The van der Waals surface area contributed by atoms with Crippen molar-refractivity contribution >= 4 is 0 Å². The molecule has 0 fully saturated rings. The van der Waals surface area contributed by atoms with E-state index >= 15 is 0 Å². The number of pyridine rings is 1. The summed E-state index contributed by atoms with van der Waals surface area (Å²) in [7, 11) is 0. The van der Waals surface area contributed by atoms with Gasteiger partial charge in [0.25, 0.3) is 6.43 Å². The molecule has 0 aliphatic heterocycles. The Morgan fingerprint density at radius 2 is 1.94 bits per heavy atom. The highest BCUT2D eigenvalue weighted by atomic mass is 19.4. The number of nitrogens with two attached hydrogens (primary N) is 1. The van der Waals surface area contributed by atoms with Crippen molar-refractivity contribution in [2.24, 2.45) is 5.73 Å². The van der Waals surface area contributed by atoms with Crippen molar-refractivity contribution < 1.29 is 22.0 Å². The van der Waals surface area contributed by atoms with Gasteiger partial charge in [-0.1, -0.05) is 0 Å². The smallest absolute Gasteiger partial charge is 0.325 e. The van der Waals surface area contributed by atoms with Gasteiger partial charge in [-0.3, -0.25) is 0 Å². The normalized spacial score (nSPS) is 12.2. The summed E-state index contributed by atoms with van der Waals surface area (Å²) in [4.78, 5) is 3.26. The lowest BCUT2D eigenvalue weighted by atomic mass is 10.1. The molecule has 0 aliphatic carbocycles. The average Bonchev–Trinajstić information content (AvgIpc) is 2.15. The first-order chi connectivity index (χ1) is 7.27. The highest BCUT2D eigenvalue weighted by molar-refractivity contribution is 5.32. The van der Waals surface area contributed by atoms with E-state index in [1.807, 2.05) is 0 Å². The minimum absolute atomic E-state index is 0.195. The van der Waals surface area contributed by atoms with E-state index in [1.54, 1.807) is 0 Å². The van der Waals surface area contributed by atoms with Crippen LogP contribution in [0.25, 0.3) is 0 Å². The van der Waals surface area contributed by atoms with Crippen molar-refractivity contribution in [3.05, 3.63) is 28.6 Å². The zero-order valence-electron chi connectivity index (χ0n) is 8.28. The van der Waals surface area contributed by atoms with Gasteiger partial charge in [0.05, 0.1) is 11.3 Å². The first-order valence-electron chi connectivity index (χ1n) is 4.33. The molecule has 0 amide bonds. The maximum Gasteiger partial charge on any atom is 0.418 e. The highest BCUT2D eigenvalue weighted by Crippen LogP contribution is 2.33. The quantitative estimate of drug-likeness (QED) is 0.807. The van der Waals surface area contributed by atoms with Crippen LogP contribution in [0.2, 0.25) is 0 Å². The monoisotopic (exact) mass is 240 g/mol. The molecule has 1 aromatic heterocycles. The predicted molar refractivity (Wildman–Crippen MR) is 46.8 cm³/mol. The molecule has 1 heterocycles. The van der Waals surface area contributed by atoms with Gasteiger partial charge in [0.1, 0.15) is 5.69 Å². The van der Waals surface area contributed by atoms with Crippen LogP contribution in [0.3, 0.4) is 0 Å². The van der Waals surface area contributed by atoms with Crippen LogP contribution in [0, 0.1) is 6.92 Å². The molecule has 0 saturated heterocycles. The van der Waals surface area contributed by atoms with Gasteiger partial charge in [-0.2, -0.15) is 13.2 Å². The van der Waals surface area contributed by atoms with Gasteiger partial charge in [0.15, 0.2) is 0 Å². The van der Waals surface area contributed by atoms with E-state index in [4.69, 9.17) is 5.73 Å². The first kappa shape index (κ1) is 12.8. The summed E-state index contributed by atoms with van der Waals surface area (Å²) in [6, 6.07) is 0.649. The topological polar surface area (TPSA) is 38.9 Å². The van der Waals surface area contributed by atoms with E-state index in [9.17, 15) is 22.0 Å². The molecule has 90 valence electrons. The Bertz CT molecular complexity index is 386. The van der Waals surface area contributed by atoms with E-state index in [0.717, 1.165) is 6.92 Å². The van der Waals surface area contributed by atoms with Crippen molar-refractivity contribution in [1.29, 1.82) is 0 Å². The Hall–Kier alpha value is -1.24. The third-order valence-corrected chi connectivity index (χ3v) is 2.04. The Morgan fingerprint density at radius 1 is 1.38 bits per heavy atom. The lowest BCUT2D eigenvalue weighted by Crippen LogP contribution is -2.16. The Balaban J connectivity index is 3.38. The van der Waals surface area contributed by atoms with Crippen molar-refractivity contribution in [1.82, 2.24) is 4.98 Å². The van der Waals surface area contributed by atoms with Gasteiger partial charge in [0.2, 0.25) is 0 Å². The van der Waals surface area contributed by atoms with E-state index in [1.165, 1.54) is 0 Å². The third kappa shape index (κ3) is 2.46. The summed E-state index contributed by atoms with van der Waals surface area (Å²) in [5.41, 5.74) is 2.59. The second-order valence-corrected chi connectivity index (χ2v) is 3.19. The van der Waals surface area contributed by atoms with Gasteiger partial charge in [-0.05, 0) is 18.6 Å². The van der Waals surface area contributed by atoms with E-state index in [-0.39, 0.29) is 5.56 Å². The maximum atomic E-state index is 12.5.